The van der Waals surface area contributed by atoms with Gasteiger partial charge in [0.15, 0.2) is 5.57 Å². The normalized spacial score (nSPS) is 18.4. The number of piperidine rings is 1. The molecule has 2 aromatic rings. The zero-order valence-electron chi connectivity index (χ0n) is 22.4. The highest BCUT2D eigenvalue weighted by Crippen LogP contribution is 2.56. The Hall–Kier alpha value is -3.55. The van der Waals surface area contributed by atoms with E-state index < -0.39 is 28.7 Å². The largest absolute Gasteiger partial charge is 0.456 e. The second-order valence-electron chi connectivity index (χ2n) is 11.7. The van der Waals surface area contributed by atoms with Gasteiger partial charge in [-0.1, -0.05) is 12.1 Å². The molecule has 8 nitrogen and oxygen atoms in total. The molecule has 2 aromatic heterocycles. The second kappa shape index (κ2) is 8.78. The van der Waals surface area contributed by atoms with Gasteiger partial charge < -0.3 is 14.2 Å². The summed E-state index contributed by atoms with van der Waals surface area (Å²) in [5.41, 5.74) is -0.352. The lowest BCUT2D eigenvalue weighted by molar-refractivity contribution is -0.545. The van der Waals surface area contributed by atoms with Gasteiger partial charge in [-0.2, -0.15) is 4.58 Å². The Kier molecular flexibility index (Phi) is 5.96. The maximum absolute atomic E-state index is 14.1. The number of rotatable bonds is 2. The Morgan fingerprint density at radius 1 is 0.838 bits per heavy atom. The van der Waals surface area contributed by atoms with Gasteiger partial charge in [0.05, 0.1) is 0 Å². The SMILES string of the molecule is CC(C)(C)OC(=O)C1=C(C(=O)OC(C)(C)C)C2(OC1=[N+]1CCCCC1)c1ncccc1-c1cccnc12. The van der Waals surface area contributed by atoms with E-state index in [1.165, 1.54) is 0 Å². The summed E-state index contributed by atoms with van der Waals surface area (Å²) in [5.74, 6) is -0.965. The highest BCUT2D eigenvalue weighted by molar-refractivity contribution is 6.23. The summed E-state index contributed by atoms with van der Waals surface area (Å²) in [7, 11) is 0. The van der Waals surface area contributed by atoms with Crippen LogP contribution in [0.25, 0.3) is 11.1 Å². The van der Waals surface area contributed by atoms with Gasteiger partial charge in [-0.3, -0.25) is 9.97 Å². The third-order valence-electron chi connectivity index (χ3n) is 6.49. The quantitative estimate of drug-likeness (QED) is 0.445. The van der Waals surface area contributed by atoms with E-state index in [0.29, 0.717) is 30.4 Å². The first-order valence-corrected chi connectivity index (χ1v) is 12.9. The minimum Gasteiger partial charge on any atom is -0.456 e. The molecule has 0 amide bonds. The lowest BCUT2D eigenvalue weighted by atomic mass is 9.87. The molecular formula is C29H34N3O5+. The van der Waals surface area contributed by atoms with E-state index in [-0.39, 0.29) is 11.1 Å². The first kappa shape index (κ1) is 25.1. The van der Waals surface area contributed by atoms with Crippen molar-refractivity contribution in [1.82, 2.24) is 9.97 Å². The maximum atomic E-state index is 14.1. The van der Waals surface area contributed by atoms with Crippen molar-refractivity contribution >= 4 is 17.8 Å². The molecule has 0 radical (unpaired) electrons. The summed E-state index contributed by atoms with van der Waals surface area (Å²) >= 11 is 0. The summed E-state index contributed by atoms with van der Waals surface area (Å²) in [6.45, 7) is 12.2. The number of hydrogen-bond donors (Lipinski definition) is 0. The molecule has 194 valence electrons. The van der Waals surface area contributed by atoms with Gasteiger partial charge in [0.1, 0.15) is 41.3 Å². The minimum absolute atomic E-state index is 0.0645. The van der Waals surface area contributed by atoms with Crippen LogP contribution in [0.2, 0.25) is 0 Å². The number of aromatic nitrogens is 2. The first-order valence-electron chi connectivity index (χ1n) is 12.9. The van der Waals surface area contributed by atoms with Crippen molar-refractivity contribution in [2.24, 2.45) is 0 Å². The standard InChI is InChI=1S/C29H34N3O5/c1-27(2,3)36-25(33)20-21(26(34)37-28(4,5)6)29(35-24(20)32-16-8-7-9-17-32)22-18(12-10-14-30-22)19-13-11-15-31-23(19)29/h10-15H,7-9,16-17H2,1-6H3/q+1. The third-order valence-corrected chi connectivity index (χ3v) is 6.49. The van der Waals surface area contributed by atoms with Gasteiger partial charge in [-0.25, -0.2) is 9.59 Å². The van der Waals surface area contributed by atoms with Crippen LogP contribution >= 0.6 is 0 Å². The first-order chi connectivity index (χ1) is 17.4. The van der Waals surface area contributed by atoms with Crippen LogP contribution in [0.3, 0.4) is 0 Å². The van der Waals surface area contributed by atoms with Gasteiger partial charge in [0.25, 0.3) is 0 Å². The smallest absolute Gasteiger partial charge is 0.379 e. The van der Waals surface area contributed by atoms with Crippen LogP contribution < -0.4 is 0 Å². The molecule has 37 heavy (non-hydrogen) atoms. The summed E-state index contributed by atoms with van der Waals surface area (Å²) in [6.07, 6.45) is 6.32. The molecule has 0 saturated carbocycles. The van der Waals surface area contributed by atoms with Crippen molar-refractivity contribution in [3.63, 3.8) is 0 Å². The van der Waals surface area contributed by atoms with Gasteiger partial charge in [0.2, 0.25) is 5.60 Å². The van der Waals surface area contributed by atoms with Crippen LogP contribution in [0.4, 0.5) is 0 Å². The van der Waals surface area contributed by atoms with Crippen LogP contribution in [-0.2, 0) is 29.4 Å². The van der Waals surface area contributed by atoms with Gasteiger partial charge >= 0.3 is 17.8 Å². The molecular weight excluding hydrogens is 470 g/mol. The molecule has 0 unspecified atom stereocenters. The summed E-state index contributed by atoms with van der Waals surface area (Å²) in [5, 5.41) is 0. The molecule has 4 heterocycles. The average molecular weight is 505 g/mol. The summed E-state index contributed by atoms with van der Waals surface area (Å²) < 4.78 is 20.6. The topological polar surface area (TPSA) is 90.6 Å². The van der Waals surface area contributed by atoms with E-state index in [2.05, 4.69) is 0 Å². The second-order valence-corrected chi connectivity index (χ2v) is 11.7. The summed E-state index contributed by atoms with van der Waals surface area (Å²) in [4.78, 5) is 37.4. The van der Waals surface area contributed by atoms with Crippen LogP contribution in [0, 0.1) is 0 Å². The van der Waals surface area contributed by atoms with E-state index in [9.17, 15) is 9.59 Å². The Bertz CT molecular complexity index is 1290. The predicted molar refractivity (Wildman–Crippen MR) is 137 cm³/mol. The third kappa shape index (κ3) is 4.32. The fourth-order valence-corrected chi connectivity index (χ4v) is 5.20. The van der Waals surface area contributed by atoms with E-state index in [1.807, 2.05) is 28.8 Å². The Morgan fingerprint density at radius 2 is 1.35 bits per heavy atom. The number of carbonyl (C=O) groups is 2. The van der Waals surface area contributed by atoms with E-state index in [0.717, 1.165) is 30.4 Å². The number of pyridine rings is 2. The zero-order chi connectivity index (χ0) is 26.6. The number of carbonyl (C=O) groups excluding carboxylic acids is 2. The van der Waals surface area contributed by atoms with Crippen molar-refractivity contribution in [2.75, 3.05) is 13.1 Å². The van der Waals surface area contributed by atoms with Crippen molar-refractivity contribution in [1.29, 1.82) is 0 Å². The molecule has 0 N–H and O–H groups in total. The fourth-order valence-electron chi connectivity index (χ4n) is 5.20. The highest BCUT2D eigenvalue weighted by atomic mass is 16.6. The molecule has 0 atom stereocenters. The van der Waals surface area contributed by atoms with E-state index >= 15 is 0 Å². The lowest BCUT2D eigenvalue weighted by Crippen LogP contribution is -2.37. The van der Waals surface area contributed by atoms with Crippen LogP contribution in [0.1, 0.15) is 72.2 Å². The molecule has 1 saturated heterocycles. The number of hydrogen-bond acceptors (Lipinski definition) is 7. The molecule has 0 aromatic carbocycles. The molecule has 3 aliphatic rings. The molecule has 8 heteroatoms. The number of esters is 2. The highest BCUT2D eigenvalue weighted by Gasteiger charge is 2.64. The van der Waals surface area contributed by atoms with Crippen molar-refractivity contribution in [3.8, 4) is 11.1 Å². The van der Waals surface area contributed by atoms with Gasteiger partial charge in [0, 0.05) is 36.4 Å². The van der Waals surface area contributed by atoms with Crippen molar-refractivity contribution in [2.45, 2.75) is 77.6 Å². The van der Waals surface area contributed by atoms with Gasteiger partial charge in [-0.15, -0.1) is 0 Å². The Balaban J connectivity index is 1.86. The number of fused-ring (bicyclic) bond motifs is 5. The number of nitrogens with zero attached hydrogens (tertiary/aromatic N) is 3. The van der Waals surface area contributed by atoms with Crippen LogP contribution in [0.15, 0.2) is 47.8 Å². The molecule has 1 spiro atoms. The zero-order valence-corrected chi connectivity index (χ0v) is 22.4. The van der Waals surface area contributed by atoms with E-state index in [4.69, 9.17) is 24.2 Å². The Labute approximate surface area is 217 Å². The lowest BCUT2D eigenvalue weighted by Gasteiger charge is -2.28. The molecule has 1 aliphatic carbocycles. The molecule has 1 fully saturated rings. The van der Waals surface area contributed by atoms with Crippen molar-refractivity contribution < 1.29 is 28.4 Å². The van der Waals surface area contributed by atoms with Crippen molar-refractivity contribution in [3.05, 3.63) is 59.2 Å². The monoisotopic (exact) mass is 504 g/mol. The molecule has 5 rings (SSSR count). The summed E-state index contributed by atoms with van der Waals surface area (Å²) in [6, 6.07) is 7.54. The minimum atomic E-state index is -1.53. The predicted octanol–water partition coefficient (Wildman–Crippen LogP) is 4.31. The fraction of sp³-hybridized carbons (Fsp3) is 0.483. The maximum Gasteiger partial charge on any atom is 0.379 e. The Morgan fingerprint density at radius 3 is 1.86 bits per heavy atom. The number of ether oxygens (including phenoxy) is 3. The molecule has 0 bridgehead atoms. The van der Waals surface area contributed by atoms with Gasteiger partial charge in [-0.05, 0) is 60.1 Å². The molecule has 2 aliphatic heterocycles. The van der Waals surface area contributed by atoms with E-state index in [1.54, 1.807) is 53.9 Å². The van der Waals surface area contributed by atoms with Crippen LogP contribution in [-0.4, -0.2) is 56.7 Å². The van der Waals surface area contributed by atoms with Crippen LogP contribution in [0.5, 0.6) is 0 Å². The average Bonchev–Trinajstić information content (AvgIpc) is 3.33.